The van der Waals surface area contributed by atoms with Gasteiger partial charge in [0.2, 0.25) is 0 Å². The number of nitrogens with one attached hydrogen (secondary N) is 2. The number of aromatic nitrogens is 3. The van der Waals surface area contributed by atoms with Gasteiger partial charge in [-0.3, -0.25) is 4.99 Å². The summed E-state index contributed by atoms with van der Waals surface area (Å²) < 4.78 is 2.07. The quantitative estimate of drug-likeness (QED) is 0.508. The molecule has 0 aliphatic carbocycles. The second kappa shape index (κ2) is 10.1. The van der Waals surface area contributed by atoms with Crippen molar-refractivity contribution < 1.29 is 0 Å². The van der Waals surface area contributed by atoms with Crippen LogP contribution < -0.4 is 10.6 Å². The summed E-state index contributed by atoms with van der Waals surface area (Å²) in [5.74, 6) is 1.86. The number of hydrogen-bond donors (Lipinski definition) is 2. The summed E-state index contributed by atoms with van der Waals surface area (Å²) in [5, 5.41) is 14.7. The van der Waals surface area contributed by atoms with Crippen molar-refractivity contribution in [2.75, 3.05) is 39.8 Å². The van der Waals surface area contributed by atoms with E-state index >= 15 is 0 Å². The van der Waals surface area contributed by atoms with Crippen molar-refractivity contribution in [1.29, 1.82) is 0 Å². The predicted molar refractivity (Wildman–Crippen MR) is 86.6 cm³/mol. The lowest BCUT2D eigenvalue weighted by atomic mass is 10.4. The molecule has 0 saturated carbocycles. The van der Waals surface area contributed by atoms with Gasteiger partial charge < -0.3 is 20.1 Å². The first-order valence-electron chi connectivity index (χ1n) is 7.78. The molecule has 2 N–H and O–H groups in total. The van der Waals surface area contributed by atoms with E-state index in [2.05, 4.69) is 56.1 Å². The molecule has 0 fully saturated rings. The Bertz CT molecular complexity index is 409. The Morgan fingerprint density at radius 3 is 2.57 bits per heavy atom. The molecule has 1 rings (SSSR count). The second-order valence-corrected chi connectivity index (χ2v) is 4.75. The summed E-state index contributed by atoms with van der Waals surface area (Å²) in [7, 11) is 1.79. The number of hydrogen-bond acceptors (Lipinski definition) is 4. The molecule has 120 valence electrons. The number of rotatable bonds is 9. The SMILES string of the molecule is CCc1nncn1CCNC(=NC)NCCN(CC)CC. The zero-order valence-corrected chi connectivity index (χ0v) is 13.8. The smallest absolute Gasteiger partial charge is 0.191 e. The molecule has 0 aliphatic rings. The lowest BCUT2D eigenvalue weighted by molar-refractivity contribution is 0.308. The van der Waals surface area contributed by atoms with Gasteiger partial charge in [0.15, 0.2) is 5.96 Å². The van der Waals surface area contributed by atoms with Crippen LogP contribution in [0.25, 0.3) is 0 Å². The number of likely N-dealkylation sites (N-methyl/N-ethyl adjacent to an activating group) is 1. The molecule has 0 radical (unpaired) electrons. The van der Waals surface area contributed by atoms with Gasteiger partial charge in [0.25, 0.3) is 0 Å². The molecule has 7 heteroatoms. The van der Waals surface area contributed by atoms with E-state index in [1.165, 1.54) is 0 Å². The van der Waals surface area contributed by atoms with Crippen molar-refractivity contribution in [2.45, 2.75) is 33.7 Å². The lowest BCUT2D eigenvalue weighted by Gasteiger charge is -2.19. The summed E-state index contributed by atoms with van der Waals surface area (Å²) in [6, 6.07) is 0. The van der Waals surface area contributed by atoms with Gasteiger partial charge in [-0.05, 0) is 13.1 Å². The number of nitrogens with zero attached hydrogens (tertiary/aromatic N) is 5. The Morgan fingerprint density at radius 2 is 1.95 bits per heavy atom. The molecule has 1 aromatic heterocycles. The summed E-state index contributed by atoms with van der Waals surface area (Å²) >= 11 is 0. The van der Waals surface area contributed by atoms with Gasteiger partial charge in [0.05, 0.1) is 0 Å². The summed E-state index contributed by atoms with van der Waals surface area (Å²) in [6.45, 7) is 12.2. The molecular formula is C14H29N7. The first kappa shape index (κ1) is 17.4. The minimum atomic E-state index is 0.802. The van der Waals surface area contributed by atoms with Crippen LogP contribution in [0.3, 0.4) is 0 Å². The van der Waals surface area contributed by atoms with Crippen LogP contribution in [0.2, 0.25) is 0 Å². The van der Waals surface area contributed by atoms with Crippen molar-refractivity contribution >= 4 is 5.96 Å². The molecule has 0 unspecified atom stereocenters. The zero-order valence-electron chi connectivity index (χ0n) is 13.8. The maximum Gasteiger partial charge on any atom is 0.191 e. The summed E-state index contributed by atoms with van der Waals surface area (Å²) in [6.07, 6.45) is 2.67. The lowest BCUT2D eigenvalue weighted by Crippen LogP contribution is -2.42. The van der Waals surface area contributed by atoms with Crippen molar-refractivity contribution in [2.24, 2.45) is 4.99 Å². The maximum absolute atomic E-state index is 4.23. The summed E-state index contributed by atoms with van der Waals surface area (Å²) in [4.78, 5) is 6.61. The highest BCUT2D eigenvalue weighted by molar-refractivity contribution is 5.79. The number of aryl methyl sites for hydroxylation is 1. The second-order valence-electron chi connectivity index (χ2n) is 4.75. The normalized spacial score (nSPS) is 12.0. The van der Waals surface area contributed by atoms with Crippen LogP contribution in [0, 0.1) is 0 Å². The average Bonchev–Trinajstić information content (AvgIpc) is 2.97. The van der Waals surface area contributed by atoms with E-state index in [1.54, 1.807) is 13.4 Å². The fraction of sp³-hybridized carbons (Fsp3) is 0.786. The predicted octanol–water partition coefficient (Wildman–Crippen LogP) is 0.347. The van der Waals surface area contributed by atoms with Crippen LogP contribution in [-0.2, 0) is 13.0 Å². The van der Waals surface area contributed by atoms with Gasteiger partial charge in [-0.15, -0.1) is 10.2 Å². The van der Waals surface area contributed by atoms with Gasteiger partial charge in [0.1, 0.15) is 12.2 Å². The van der Waals surface area contributed by atoms with E-state index in [9.17, 15) is 0 Å². The zero-order chi connectivity index (χ0) is 15.5. The Balaban J connectivity index is 2.25. The van der Waals surface area contributed by atoms with E-state index < -0.39 is 0 Å². The molecule has 0 saturated heterocycles. The molecule has 1 heterocycles. The highest BCUT2D eigenvalue weighted by Crippen LogP contribution is 1.94. The Kier molecular flexibility index (Phi) is 8.42. The molecule has 7 nitrogen and oxygen atoms in total. The van der Waals surface area contributed by atoms with E-state index in [1.807, 2.05) is 0 Å². The molecule has 0 atom stereocenters. The average molecular weight is 295 g/mol. The Hall–Kier alpha value is -1.63. The molecular weight excluding hydrogens is 266 g/mol. The van der Waals surface area contributed by atoms with Crippen LogP contribution in [0.5, 0.6) is 0 Å². The van der Waals surface area contributed by atoms with Crippen molar-refractivity contribution in [3.63, 3.8) is 0 Å². The molecule has 0 bridgehead atoms. The molecule has 0 spiro atoms. The van der Waals surface area contributed by atoms with Crippen LogP contribution in [0.4, 0.5) is 0 Å². The van der Waals surface area contributed by atoms with Crippen LogP contribution in [0.1, 0.15) is 26.6 Å². The fourth-order valence-corrected chi connectivity index (χ4v) is 2.13. The molecule has 1 aromatic rings. The minimum absolute atomic E-state index is 0.802. The topological polar surface area (TPSA) is 70.4 Å². The molecule has 0 aliphatic heterocycles. The highest BCUT2D eigenvalue weighted by Gasteiger charge is 2.03. The highest BCUT2D eigenvalue weighted by atomic mass is 15.3. The van der Waals surface area contributed by atoms with Crippen molar-refractivity contribution in [1.82, 2.24) is 30.3 Å². The van der Waals surface area contributed by atoms with Crippen LogP contribution >= 0.6 is 0 Å². The molecule has 21 heavy (non-hydrogen) atoms. The number of aliphatic imine (C=N–C) groups is 1. The minimum Gasteiger partial charge on any atom is -0.355 e. The largest absolute Gasteiger partial charge is 0.355 e. The van der Waals surface area contributed by atoms with Gasteiger partial charge in [-0.25, -0.2) is 0 Å². The van der Waals surface area contributed by atoms with Crippen molar-refractivity contribution in [3.05, 3.63) is 12.2 Å². The van der Waals surface area contributed by atoms with Gasteiger partial charge in [0, 0.05) is 39.6 Å². The van der Waals surface area contributed by atoms with Gasteiger partial charge in [-0.1, -0.05) is 20.8 Å². The van der Waals surface area contributed by atoms with Gasteiger partial charge >= 0.3 is 0 Å². The Morgan fingerprint density at radius 1 is 1.24 bits per heavy atom. The van der Waals surface area contributed by atoms with Gasteiger partial charge in [-0.2, -0.15) is 0 Å². The Labute approximate surface area is 127 Å². The van der Waals surface area contributed by atoms with Crippen LogP contribution in [-0.4, -0.2) is 65.4 Å². The van der Waals surface area contributed by atoms with E-state index in [-0.39, 0.29) is 0 Å². The first-order chi connectivity index (χ1) is 10.2. The standard InChI is InChI=1S/C14H29N7/c1-5-13-19-18-12-21(13)11-9-17-14(15-4)16-8-10-20(6-2)7-3/h12H,5-11H2,1-4H3,(H2,15,16,17). The van der Waals surface area contributed by atoms with E-state index in [0.717, 1.165) is 57.5 Å². The molecule has 0 amide bonds. The van der Waals surface area contributed by atoms with E-state index in [4.69, 9.17) is 0 Å². The third-order valence-electron chi connectivity index (χ3n) is 3.50. The fourth-order valence-electron chi connectivity index (χ4n) is 2.13. The first-order valence-corrected chi connectivity index (χ1v) is 7.78. The monoisotopic (exact) mass is 295 g/mol. The number of guanidine groups is 1. The van der Waals surface area contributed by atoms with Crippen molar-refractivity contribution in [3.8, 4) is 0 Å². The maximum atomic E-state index is 4.23. The third kappa shape index (κ3) is 6.12. The molecule has 0 aromatic carbocycles. The third-order valence-corrected chi connectivity index (χ3v) is 3.50. The van der Waals surface area contributed by atoms with Crippen LogP contribution in [0.15, 0.2) is 11.3 Å². The summed E-state index contributed by atoms with van der Waals surface area (Å²) in [5.41, 5.74) is 0. The van der Waals surface area contributed by atoms with E-state index in [0.29, 0.717) is 0 Å².